The van der Waals surface area contributed by atoms with Gasteiger partial charge in [0, 0.05) is 10.9 Å². The van der Waals surface area contributed by atoms with E-state index in [1.54, 1.807) is 18.2 Å². The van der Waals surface area contributed by atoms with Crippen LogP contribution in [-0.4, -0.2) is 28.9 Å². The lowest BCUT2D eigenvalue weighted by Crippen LogP contribution is -2.29. The fraction of sp³-hybridized carbons (Fsp3) is 0.190. The van der Waals surface area contributed by atoms with E-state index in [9.17, 15) is 15.0 Å². The van der Waals surface area contributed by atoms with Crippen LogP contribution >= 0.6 is 23.2 Å². The molecule has 0 fully saturated rings. The molecular weight excluding hydrogens is 387 g/mol. The van der Waals surface area contributed by atoms with Gasteiger partial charge in [0.1, 0.15) is 5.75 Å². The molecule has 3 aromatic carbocycles. The first-order chi connectivity index (χ1) is 13.0. The Hall–Kier alpha value is -2.27. The minimum Gasteiger partial charge on any atom is -0.492 e. The number of fused-ring (bicyclic) bond motifs is 1. The highest BCUT2D eigenvalue weighted by Crippen LogP contribution is 2.32. The Labute approximate surface area is 166 Å². The molecule has 0 spiro atoms. The van der Waals surface area contributed by atoms with Crippen LogP contribution in [0.3, 0.4) is 0 Å². The normalized spacial score (nSPS) is 13.3. The summed E-state index contributed by atoms with van der Waals surface area (Å²) in [5.74, 6) is -1.43. The second-order valence-electron chi connectivity index (χ2n) is 6.17. The lowest BCUT2D eigenvalue weighted by Gasteiger charge is -2.22. The van der Waals surface area contributed by atoms with E-state index in [2.05, 4.69) is 0 Å². The van der Waals surface area contributed by atoms with E-state index in [0.29, 0.717) is 22.2 Å². The Morgan fingerprint density at radius 1 is 1.04 bits per heavy atom. The Morgan fingerprint density at radius 3 is 2.52 bits per heavy atom. The first-order valence-electron chi connectivity index (χ1n) is 8.44. The van der Waals surface area contributed by atoms with Gasteiger partial charge in [0.25, 0.3) is 0 Å². The molecule has 0 aliphatic carbocycles. The Bertz CT molecular complexity index is 953. The summed E-state index contributed by atoms with van der Waals surface area (Å²) >= 11 is 12.0. The largest absolute Gasteiger partial charge is 0.492 e. The van der Waals surface area contributed by atoms with Crippen LogP contribution in [0, 0.1) is 0 Å². The van der Waals surface area contributed by atoms with Crippen LogP contribution in [0.1, 0.15) is 17.9 Å². The highest BCUT2D eigenvalue weighted by Gasteiger charge is 2.28. The molecule has 2 atom stereocenters. The molecule has 3 rings (SSSR count). The predicted octanol–water partition coefficient (Wildman–Crippen LogP) is 5.14. The van der Waals surface area contributed by atoms with Gasteiger partial charge in [-0.25, -0.2) is 4.79 Å². The topological polar surface area (TPSA) is 66.8 Å². The van der Waals surface area contributed by atoms with E-state index in [1.807, 2.05) is 42.5 Å². The minimum atomic E-state index is -1.54. The highest BCUT2D eigenvalue weighted by atomic mass is 35.5. The molecule has 140 valence electrons. The molecular formula is C21H18Cl2O4. The van der Waals surface area contributed by atoms with E-state index < -0.39 is 18.0 Å². The van der Waals surface area contributed by atoms with Gasteiger partial charge < -0.3 is 14.9 Å². The first kappa shape index (κ1) is 19.5. The number of halogens is 2. The molecule has 2 unspecified atom stereocenters. The van der Waals surface area contributed by atoms with Gasteiger partial charge in [-0.2, -0.15) is 0 Å². The Balaban J connectivity index is 1.84. The van der Waals surface area contributed by atoms with Gasteiger partial charge in [0.2, 0.25) is 0 Å². The summed E-state index contributed by atoms with van der Waals surface area (Å²) in [5, 5.41) is 22.4. The van der Waals surface area contributed by atoms with Gasteiger partial charge in [-0.3, -0.25) is 0 Å². The standard InChI is InChI=1S/C21H18Cl2O4/c22-14-8-9-19(18(23)12-14)27-11-10-17(20(24)21(25)26)16-7-3-5-13-4-1-2-6-15(13)16/h1-9,12,17,20,24H,10-11H2,(H,25,26). The number of aliphatic hydroxyl groups is 1. The maximum absolute atomic E-state index is 11.4. The quantitative estimate of drug-likeness (QED) is 0.571. The third-order valence-electron chi connectivity index (χ3n) is 4.44. The third-order valence-corrected chi connectivity index (χ3v) is 4.97. The summed E-state index contributed by atoms with van der Waals surface area (Å²) in [6.07, 6.45) is -1.24. The maximum atomic E-state index is 11.4. The van der Waals surface area contributed by atoms with Crippen molar-refractivity contribution in [2.75, 3.05) is 6.61 Å². The molecule has 2 N–H and O–H groups in total. The van der Waals surface area contributed by atoms with Gasteiger partial charge in [-0.15, -0.1) is 0 Å². The second-order valence-corrected chi connectivity index (χ2v) is 7.01. The zero-order valence-electron chi connectivity index (χ0n) is 14.3. The van der Waals surface area contributed by atoms with Gasteiger partial charge in [0.15, 0.2) is 6.10 Å². The number of aliphatic carboxylic acids is 1. The van der Waals surface area contributed by atoms with Crippen LogP contribution in [0.5, 0.6) is 5.75 Å². The number of rotatable bonds is 7. The van der Waals surface area contributed by atoms with Crippen molar-refractivity contribution in [1.82, 2.24) is 0 Å². The van der Waals surface area contributed by atoms with Crippen LogP contribution < -0.4 is 4.74 Å². The average Bonchev–Trinajstić information content (AvgIpc) is 2.66. The fourth-order valence-electron chi connectivity index (χ4n) is 3.12. The van der Waals surface area contributed by atoms with Gasteiger partial charge >= 0.3 is 5.97 Å². The van der Waals surface area contributed by atoms with Crippen LogP contribution in [0.2, 0.25) is 10.0 Å². The van der Waals surface area contributed by atoms with Gasteiger partial charge in [0.05, 0.1) is 11.6 Å². The van der Waals surface area contributed by atoms with E-state index in [4.69, 9.17) is 27.9 Å². The van der Waals surface area contributed by atoms with Crippen LogP contribution in [0.15, 0.2) is 60.7 Å². The molecule has 0 amide bonds. The molecule has 0 radical (unpaired) electrons. The summed E-state index contributed by atoms with van der Waals surface area (Å²) < 4.78 is 5.69. The predicted molar refractivity (Wildman–Crippen MR) is 107 cm³/mol. The lowest BCUT2D eigenvalue weighted by molar-refractivity contribution is -0.148. The van der Waals surface area contributed by atoms with E-state index >= 15 is 0 Å². The van der Waals surface area contributed by atoms with Crippen LogP contribution in [0.25, 0.3) is 10.8 Å². The van der Waals surface area contributed by atoms with Crippen LogP contribution in [0.4, 0.5) is 0 Å². The zero-order valence-corrected chi connectivity index (χ0v) is 15.8. The molecule has 0 aromatic heterocycles. The molecule has 27 heavy (non-hydrogen) atoms. The van der Waals surface area contributed by atoms with Gasteiger partial charge in [-0.1, -0.05) is 65.7 Å². The van der Waals surface area contributed by atoms with Crippen molar-refractivity contribution in [3.63, 3.8) is 0 Å². The molecule has 4 nitrogen and oxygen atoms in total. The van der Waals surface area contributed by atoms with Crippen molar-refractivity contribution in [3.05, 3.63) is 76.3 Å². The van der Waals surface area contributed by atoms with E-state index in [1.165, 1.54) is 0 Å². The Kier molecular flexibility index (Phi) is 6.22. The number of aliphatic hydroxyl groups excluding tert-OH is 1. The van der Waals surface area contributed by atoms with Crippen molar-refractivity contribution >= 4 is 39.9 Å². The molecule has 0 aliphatic heterocycles. The third kappa shape index (κ3) is 4.53. The molecule has 0 aliphatic rings. The van der Waals surface area contributed by atoms with Crippen molar-refractivity contribution in [2.45, 2.75) is 18.4 Å². The summed E-state index contributed by atoms with van der Waals surface area (Å²) in [7, 11) is 0. The van der Waals surface area contributed by atoms with E-state index in [0.717, 1.165) is 16.3 Å². The maximum Gasteiger partial charge on any atom is 0.333 e. The molecule has 0 heterocycles. The number of hydrogen-bond acceptors (Lipinski definition) is 3. The summed E-state index contributed by atoms with van der Waals surface area (Å²) in [5.41, 5.74) is 0.772. The van der Waals surface area contributed by atoms with Crippen molar-refractivity contribution in [3.8, 4) is 5.75 Å². The zero-order chi connectivity index (χ0) is 19.4. The second kappa shape index (κ2) is 8.61. The average molecular weight is 405 g/mol. The molecule has 0 saturated carbocycles. The number of carboxylic acids is 1. The monoisotopic (exact) mass is 404 g/mol. The van der Waals surface area contributed by atoms with Gasteiger partial charge in [-0.05, 0) is 41.0 Å². The lowest BCUT2D eigenvalue weighted by atomic mass is 9.87. The van der Waals surface area contributed by atoms with Crippen molar-refractivity contribution in [1.29, 1.82) is 0 Å². The minimum absolute atomic E-state index is 0.194. The molecule has 0 saturated heterocycles. The fourth-order valence-corrected chi connectivity index (χ4v) is 3.58. The van der Waals surface area contributed by atoms with Crippen molar-refractivity contribution in [2.24, 2.45) is 0 Å². The number of carboxylic acid groups (broad SMARTS) is 1. The first-order valence-corrected chi connectivity index (χ1v) is 9.19. The van der Waals surface area contributed by atoms with E-state index in [-0.39, 0.29) is 6.61 Å². The number of hydrogen-bond donors (Lipinski definition) is 2. The van der Waals surface area contributed by atoms with Crippen LogP contribution in [-0.2, 0) is 4.79 Å². The summed E-state index contributed by atoms with van der Waals surface area (Å²) in [6.45, 7) is 0.194. The number of ether oxygens (including phenoxy) is 1. The summed E-state index contributed by atoms with van der Waals surface area (Å²) in [6, 6.07) is 18.2. The number of benzene rings is 3. The SMILES string of the molecule is O=C(O)C(O)C(CCOc1ccc(Cl)cc1Cl)c1cccc2ccccc12. The van der Waals surface area contributed by atoms with Crippen molar-refractivity contribution < 1.29 is 19.7 Å². The number of carbonyl (C=O) groups is 1. The molecule has 3 aromatic rings. The Morgan fingerprint density at radius 2 is 1.78 bits per heavy atom. The molecule has 6 heteroatoms. The molecule has 0 bridgehead atoms. The smallest absolute Gasteiger partial charge is 0.333 e. The summed E-state index contributed by atoms with van der Waals surface area (Å²) in [4.78, 5) is 11.4. The highest BCUT2D eigenvalue weighted by molar-refractivity contribution is 6.35.